The van der Waals surface area contributed by atoms with Crippen molar-refractivity contribution >= 4 is 17.7 Å². The molecule has 6 heteroatoms. The number of anilines is 1. The van der Waals surface area contributed by atoms with E-state index in [9.17, 15) is 14.7 Å². The van der Waals surface area contributed by atoms with E-state index in [1.54, 1.807) is 23.1 Å². The number of aliphatic carboxylic acids is 1. The quantitative estimate of drug-likeness (QED) is 0.873. The van der Waals surface area contributed by atoms with Crippen molar-refractivity contribution in [3.05, 3.63) is 29.8 Å². The standard InChI is InChI=1S/C14H18N2O4/c1-9(2)15-7-8-16(14(15)20)11-6-4-3-5-10(11)12(17)13(18)19/h3-6,9,12,17H,7-8H2,1-2H3,(H,18,19). The third-order valence-corrected chi connectivity index (χ3v) is 3.42. The number of carboxylic acids is 1. The average molecular weight is 278 g/mol. The highest BCUT2D eigenvalue weighted by Gasteiger charge is 2.33. The predicted octanol–water partition coefficient (Wildman–Crippen LogP) is 1.46. The smallest absolute Gasteiger partial charge is 0.337 e. The van der Waals surface area contributed by atoms with Crippen LogP contribution in [0.3, 0.4) is 0 Å². The number of aliphatic hydroxyl groups excluding tert-OH is 1. The summed E-state index contributed by atoms with van der Waals surface area (Å²) in [4.78, 5) is 26.5. The summed E-state index contributed by atoms with van der Waals surface area (Å²) in [6.45, 7) is 4.94. The maximum Gasteiger partial charge on any atom is 0.337 e. The van der Waals surface area contributed by atoms with Crippen molar-refractivity contribution in [1.29, 1.82) is 0 Å². The third kappa shape index (κ3) is 2.46. The Balaban J connectivity index is 2.35. The Morgan fingerprint density at radius 1 is 1.25 bits per heavy atom. The molecular formula is C14H18N2O4. The number of urea groups is 1. The molecule has 1 unspecified atom stereocenters. The number of carbonyl (C=O) groups is 2. The molecule has 1 aliphatic heterocycles. The first-order valence-electron chi connectivity index (χ1n) is 6.51. The fraction of sp³-hybridized carbons (Fsp3) is 0.429. The SMILES string of the molecule is CC(C)N1CCN(c2ccccc2C(O)C(=O)O)C1=O. The minimum atomic E-state index is -1.63. The number of aliphatic hydroxyl groups is 1. The normalized spacial score (nSPS) is 16.9. The number of carboxylic acid groups (broad SMARTS) is 1. The first-order chi connectivity index (χ1) is 9.43. The van der Waals surface area contributed by atoms with Gasteiger partial charge in [-0.2, -0.15) is 0 Å². The number of rotatable bonds is 4. The van der Waals surface area contributed by atoms with Crippen molar-refractivity contribution < 1.29 is 19.8 Å². The molecule has 20 heavy (non-hydrogen) atoms. The Kier molecular flexibility index (Phi) is 3.94. The second-order valence-electron chi connectivity index (χ2n) is 5.02. The highest BCUT2D eigenvalue weighted by Crippen LogP contribution is 2.29. The number of benzene rings is 1. The number of carbonyl (C=O) groups excluding carboxylic acids is 1. The number of hydrogen-bond acceptors (Lipinski definition) is 3. The molecule has 0 bridgehead atoms. The van der Waals surface area contributed by atoms with Gasteiger partial charge in [-0.25, -0.2) is 9.59 Å². The largest absolute Gasteiger partial charge is 0.479 e. The van der Waals surface area contributed by atoms with E-state index in [1.165, 1.54) is 11.0 Å². The van der Waals surface area contributed by atoms with Crippen LogP contribution < -0.4 is 4.90 Å². The Labute approximate surface area is 117 Å². The van der Waals surface area contributed by atoms with Crippen molar-refractivity contribution in [1.82, 2.24) is 4.90 Å². The summed E-state index contributed by atoms with van der Waals surface area (Å²) in [6.07, 6.45) is -1.63. The first-order valence-corrected chi connectivity index (χ1v) is 6.51. The molecule has 0 saturated carbocycles. The number of hydrogen-bond donors (Lipinski definition) is 2. The maximum atomic E-state index is 12.3. The molecule has 1 saturated heterocycles. The summed E-state index contributed by atoms with van der Waals surface area (Å²) in [5.41, 5.74) is 0.689. The van der Waals surface area contributed by atoms with Gasteiger partial charge in [0.25, 0.3) is 0 Å². The van der Waals surface area contributed by atoms with Crippen molar-refractivity contribution in [2.24, 2.45) is 0 Å². The molecule has 108 valence electrons. The zero-order chi connectivity index (χ0) is 14.9. The number of nitrogens with zero attached hydrogens (tertiary/aromatic N) is 2. The summed E-state index contributed by atoms with van der Waals surface area (Å²) >= 11 is 0. The molecular weight excluding hydrogens is 260 g/mol. The fourth-order valence-electron chi connectivity index (χ4n) is 2.35. The lowest BCUT2D eigenvalue weighted by atomic mass is 10.1. The van der Waals surface area contributed by atoms with E-state index < -0.39 is 12.1 Å². The lowest BCUT2D eigenvalue weighted by Gasteiger charge is -2.23. The third-order valence-electron chi connectivity index (χ3n) is 3.42. The van der Waals surface area contributed by atoms with Crippen LogP contribution >= 0.6 is 0 Å². The monoisotopic (exact) mass is 278 g/mol. The highest BCUT2D eigenvalue weighted by molar-refractivity contribution is 5.96. The van der Waals surface area contributed by atoms with Crippen molar-refractivity contribution in [3.8, 4) is 0 Å². The van der Waals surface area contributed by atoms with Crippen LogP contribution in [0.4, 0.5) is 10.5 Å². The van der Waals surface area contributed by atoms with Gasteiger partial charge < -0.3 is 15.1 Å². The molecule has 0 spiro atoms. The van der Waals surface area contributed by atoms with Crippen LogP contribution in [0.2, 0.25) is 0 Å². The molecule has 0 aromatic heterocycles. The van der Waals surface area contributed by atoms with Crippen LogP contribution in [0, 0.1) is 0 Å². The van der Waals surface area contributed by atoms with Crippen LogP contribution in [0.25, 0.3) is 0 Å². The van der Waals surface area contributed by atoms with Crippen LogP contribution in [0.15, 0.2) is 24.3 Å². The summed E-state index contributed by atoms with van der Waals surface area (Å²) in [5.74, 6) is -1.33. The van der Waals surface area contributed by atoms with E-state index in [0.717, 1.165) is 0 Å². The van der Waals surface area contributed by atoms with E-state index in [1.807, 2.05) is 13.8 Å². The lowest BCUT2D eigenvalue weighted by molar-refractivity contribution is -0.146. The summed E-state index contributed by atoms with van der Waals surface area (Å²) < 4.78 is 0. The second kappa shape index (κ2) is 5.50. The fourth-order valence-corrected chi connectivity index (χ4v) is 2.35. The van der Waals surface area contributed by atoms with Gasteiger partial charge in [0.1, 0.15) is 0 Å². The molecule has 2 rings (SSSR count). The minimum absolute atomic E-state index is 0.0871. The topological polar surface area (TPSA) is 81.1 Å². The second-order valence-corrected chi connectivity index (χ2v) is 5.02. The Morgan fingerprint density at radius 2 is 1.90 bits per heavy atom. The molecule has 1 aliphatic rings. The van der Waals surface area contributed by atoms with E-state index in [4.69, 9.17) is 5.11 Å². The summed E-state index contributed by atoms with van der Waals surface area (Å²) in [6, 6.07) is 6.47. The van der Waals surface area contributed by atoms with E-state index in [-0.39, 0.29) is 17.6 Å². The summed E-state index contributed by atoms with van der Waals surface area (Å²) in [7, 11) is 0. The molecule has 2 amide bonds. The average Bonchev–Trinajstić information content (AvgIpc) is 2.79. The molecule has 1 aromatic carbocycles. The highest BCUT2D eigenvalue weighted by atomic mass is 16.4. The minimum Gasteiger partial charge on any atom is -0.479 e. The van der Waals surface area contributed by atoms with E-state index in [2.05, 4.69) is 0 Å². The first kappa shape index (κ1) is 14.3. The number of para-hydroxylation sites is 1. The molecule has 2 N–H and O–H groups in total. The van der Waals surface area contributed by atoms with Crippen molar-refractivity contribution in [2.75, 3.05) is 18.0 Å². The van der Waals surface area contributed by atoms with E-state index in [0.29, 0.717) is 18.8 Å². The van der Waals surface area contributed by atoms with Gasteiger partial charge in [0, 0.05) is 24.7 Å². The number of amides is 2. The lowest BCUT2D eigenvalue weighted by Crippen LogP contribution is -2.36. The molecule has 6 nitrogen and oxygen atoms in total. The summed E-state index contributed by atoms with van der Waals surface area (Å²) in [5, 5.41) is 18.7. The Hall–Kier alpha value is -2.08. The van der Waals surface area contributed by atoms with Gasteiger partial charge in [0.2, 0.25) is 0 Å². The van der Waals surface area contributed by atoms with Crippen molar-refractivity contribution in [3.63, 3.8) is 0 Å². The predicted molar refractivity (Wildman–Crippen MR) is 73.6 cm³/mol. The van der Waals surface area contributed by atoms with E-state index >= 15 is 0 Å². The van der Waals surface area contributed by atoms with Gasteiger partial charge in [-0.15, -0.1) is 0 Å². The van der Waals surface area contributed by atoms with Crippen LogP contribution in [0.5, 0.6) is 0 Å². The molecule has 1 heterocycles. The molecule has 1 aromatic rings. The van der Waals surface area contributed by atoms with Crippen LogP contribution in [0.1, 0.15) is 25.5 Å². The molecule has 1 atom stereocenters. The zero-order valence-electron chi connectivity index (χ0n) is 11.5. The van der Waals surface area contributed by atoms with Gasteiger partial charge in [0.05, 0.1) is 5.69 Å². The van der Waals surface area contributed by atoms with Crippen molar-refractivity contribution in [2.45, 2.75) is 26.0 Å². The van der Waals surface area contributed by atoms with Gasteiger partial charge in [-0.3, -0.25) is 4.90 Å². The molecule has 0 aliphatic carbocycles. The van der Waals surface area contributed by atoms with Crippen LogP contribution in [-0.4, -0.2) is 46.2 Å². The zero-order valence-corrected chi connectivity index (χ0v) is 11.5. The van der Waals surface area contributed by atoms with Crippen LogP contribution in [-0.2, 0) is 4.79 Å². The Morgan fingerprint density at radius 3 is 2.45 bits per heavy atom. The molecule has 1 fully saturated rings. The Bertz CT molecular complexity index is 530. The maximum absolute atomic E-state index is 12.3. The van der Waals surface area contributed by atoms with Gasteiger partial charge in [-0.05, 0) is 19.9 Å². The van der Waals surface area contributed by atoms with Gasteiger partial charge in [-0.1, -0.05) is 18.2 Å². The molecule has 0 radical (unpaired) electrons. The van der Waals surface area contributed by atoms with Gasteiger partial charge in [0.15, 0.2) is 6.10 Å². The van der Waals surface area contributed by atoms with Gasteiger partial charge >= 0.3 is 12.0 Å².